The van der Waals surface area contributed by atoms with Crippen LogP contribution < -0.4 is 5.32 Å². The fourth-order valence-electron chi connectivity index (χ4n) is 2.55. The maximum atomic E-state index is 12.1. The summed E-state index contributed by atoms with van der Waals surface area (Å²) in [6.45, 7) is 5.86. The Morgan fingerprint density at radius 2 is 2.14 bits per heavy atom. The molecule has 1 aliphatic heterocycles. The van der Waals surface area contributed by atoms with E-state index < -0.39 is 0 Å². The Labute approximate surface area is 129 Å². The number of aromatic nitrogens is 1. The van der Waals surface area contributed by atoms with Crippen molar-refractivity contribution in [3.05, 3.63) is 16.6 Å². The molecule has 1 saturated heterocycles. The minimum atomic E-state index is 0.0356. The zero-order chi connectivity index (χ0) is 15.2. The van der Waals surface area contributed by atoms with E-state index in [1.807, 2.05) is 24.1 Å². The number of likely N-dealkylation sites (tertiary alicyclic amines) is 1. The SMILES string of the molecule is CC(C)C(=O)N1CCC(C(=O)NCCc2cscn2)CC1. The fraction of sp³-hybridized carbons (Fsp3) is 0.667. The third-order valence-corrected chi connectivity index (χ3v) is 4.47. The first-order valence-electron chi connectivity index (χ1n) is 7.51. The maximum Gasteiger partial charge on any atom is 0.225 e. The Hall–Kier alpha value is -1.43. The van der Waals surface area contributed by atoms with E-state index in [0.717, 1.165) is 25.0 Å². The van der Waals surface area contributed by atoms with Crippen molar-refractivity contribution >= 4 is 23.2 Å². The van der Waals surface area contributed by atoms with Crippen LogP contribution >= 0.6 is 11.3 Å². The second-order valence-electron chi connectivity index (χ2n) is 5.78. The number of carbonyl (C=O) groups excluding carboxylic acids is 2. The average molecular weight is 309 g/mol. The number of rotatable bonds is 5. The van der Waals surface area contributed by atoms with Crippen LogP contribution in [0, 0.1) is 11.8 Å². The Bertz CT molecular complexity index is 465. The van der Waals surface area contributed by atoms with Gasteiger partial charge in [0.15, 0.2) is 0 Å². The number of nitrogens with zero attached hydrogens (tertiary/aromatic N) is 2. The zero-order valence-corrected chi connectivity index (χ0v) is 13.5. The summed E-state index contributed by atoms with van der Waals surface area (Å²) in [7, 11) is 0. The molecule has 21 heavy (non-hydrogen) atoms. The van der Waals surface area contributed by atoms with Gasteiger partial charge in [0, 0.05) is 43.3 Å². The predicted molar refractivity (Wildman–Crippen MR) is 83.0 cm³/mol. The number of hydrogen-bond acceptors (Lipinski definition) is 4. The van der Waals surface area contributed by atoms with Gasteiger partial charge < -0.3 is 10.2 Å². The van der Waals surface area contributed by atoms with Crippen molar-refractivity contribution < 1.29 is 9.59 Å². The van der Waals surface area contributed by atoms with Crippen LogP contribution in [0.5, 0.6) is 0 Å². The molecule has 6 heteroatoms. The molecule has 5 nitrogen and oxygen atoms in total. The first-order valence-corrected chi connectivity index (χ1v) is 8.45. The van der Waals surface area contributed by atoms with Crippen molar-refractivity contribution in [2.45, 2.75) is 33.1 Å². The number of thiazole rings is 1. The summed E-state index contributed by atoms with van der Waals surface area (Å²) in [4.78, 5) is 30.1. The van der Waals surface area contributed by atoms with Crippen molar-refractivity contribution in [3.8, 4) is 0 Å². The van der Waals surface area contributed by atoms with E-state index in [0.29, 0.717) is 19.6 Å². The summed E-state index contributed by atoms with van der Waals surface area (Å²) in [6.07, 6.45) is 2.31. The lowest BCUT2D eigenvalue weighted by atomic mass is 9.95. The molecule has 1 aromatic rings. The lowest BCUT2D eigenvalue weighted by molar-refractivity contribution is -0.138. The van der Waals surface area contributed by atoms with Crippen molar-refractivity contribution in [1.29, 1.82) is 0 Å². The second-order valence-corrected chi connectivity index (χ2v) is 6.49. The second kappa shape index (κ2) is 7.54. The summed E-state index contributed by atoms with van der Waals surface area (Å²) in [5.41, 5.74) is 2.83. The minimum Gasteiger partial charge on any atom is -0.355 e. The van der Waals surface area contributed by atoms with Crippen LogP contribution in [0.3, 0.4) is 0 Å². The standard InChI is InChI=1S/C15H23N3O2S/c1-11(2)15(20)18-7-4-12(5-8-18)14(19)16-6-3-13-9-21-10-17-13/h9-12H,3-8H2,1-2H3,(H,16,19). The van der Waals surface area contributed by atoms with Gasteiger partial charge in [-0.05, 0) is 12.8 Å². The molecule has 1 N–H and O–H groups in total. The van der Waals surface area contributed by atoms with Crippen LogP contribution in [0.25, 0.3) is 0 Å². The Kier molecular flexibility index (Phi) is 5.73. The summed E-state index contributed by atoms with van der Waals surface area (Å²) in [6, 6.07) is 0. The highest BCUT2D eigenvalue weighted by Gasteiger charge is 2.27. The highest BCUT2D eigenvalue weighted by atomic mass is 32.1. The van der Waals surface area contributed by atoms with Crippen LogP contribution in [-0.2, 0) is 16.0 Å². The third kappa shape index (κ3) is 4.52. The van der Waals surface area contributed by atoms with Crippen molar-refractivity contribution in [3.63, 3.8) is 0 Å². The van der Waals surface area contributed by atoms with Crippen LogP contribution in [0.15, 0.2) is 10.9 Å². The monoisotopic (exact) mass is 309 g/mol. The van der Waals surface area contributed by atoms with E-state index in [1.54, 1.807) is 16.8 Å². The van der Waals surface area contributed by atoms with E-state index in [4.69, 9.17) is 0 Å². The zero-order valence-electron chi connectivity index (χ0n) is 12.7. The lowest BCUT2D eigenvalue weighted by Gasteiger charge is -2.32. The molecule has 1 fully saturated rings. The van der Waals surface area contributed by atoms with Gasteiger partial charge >= 0.3 is 0 Å². The van der Waals surface area contributed by atoms with Gasteiger partial charge in [0.1, 0.15) is 0 Å². The van der Waals surface area contributed by atoms with E-state index in [1.165, 1.54) is 0 Å². The van der Waals surface area contributed by atoms with Gasteiger partial charge in [-0.15, -0.1) is 11.3 Å². The van der Waals surface area contributed by atoms with Gasteiger partial charge in [-0.2, -0.15) is 0 Å². The molecule has 0 unspecified atom stereocenters. The number of piperidine rings is 1. The van der Waals surface area contributed by atoms with Crippen LogP contribution in [0.2, 0.25) is 0 Å². The van der Waals surface area contributed by atoms with Crippen LogP contribution in [-0.4, -0.2) is 41.3 Å². The molecular formula is C15H23N3O2S. The smallest absolute Gasteiger partial charge is 0.225 e. The normalized spacial score (nSPS) is 16.2. The molecule has 1 aromatic heterocycles. The molecule has 2 amide bonds. The molecule has 0 aromatic carbocycles. The molecule has 116 valence electrons. The quantitative estimate of drug-likeness (QED) is 0.900. The molecule has 0 bridgehead atoms. The summed E-state index contributed by atoms with van der Waals surface area (Å²) in [5, 5.41) is 4.98. The van der Waals surface area contributed by atoms with E-state index in [-0.39, 0.29) is 23.7 Å². The van der Waals surface area contributed by atoms with Crippen LogP contribution in [0.1, 0.15) is 32.4 Å². The molecule has 2 rings (SSSR count). The Morgan fingerprint density at radius 3 is 2.71 bits per heavy atom. The van der Waals surface area contributed by atoms with Crippen molar-refractivity contribution in [2.75, 3.05) is 19.6 Å². The summed E-state index contributed by atoms with van der Waals surface area (Å²) < 4.78 is 0. The number of carbonyl (C=O) groups is 2. The largest absolute Gasteiger partial charge is 0.355 e. The van der Waals surface area contributed by atoms with Crippen molar-refractivity contribution in [1.82, 2.24) is 15.2 Å². The van der Waals surface area contributed by atoms with Crippen molar-refractivity contribution in [2.24, 2.45) is 11.8 Å². The molecule has 2 heterocycles. The summed E-state index contributed by atoms with van der Waals surface area (Å²) in [5.74, 6) is 0.379. The highest BCUT2D eigenvalue weighted by Crippen LogP contribution is 2.19. The first-order chi connectivity index (χ1) is 10.1. The predicted octanol–water partition coefficient (Wildman–Crippen LogP) is 1.70. The fourth-order valence-corrected chi connectivity index (χ4v) is 3.14. The van der Waals surface area contributed by atoms with E-state index in [2.05, 4.69) is 10.3 Å². The average Bonchev–Trinajstić information content (AvgIpc) is 2.99. The third-order valence-electron chi connectivity index (χ3n) is 3.84. The van der Waals surface area contributed by atoms with Gasteiger partial charge in [0.05, 0.1) is 11.2 Å². The number of nitrogens with one attached hydrogen (secondary N) is 1. The highest BCUT2D eigenvalue weighted by molar-refractivity contribution is 7.07. The van der Waals surface area contributed by atoms with Gasteiger partial charge in [-0.25, -0.2) is 4.98 Å². The molecule has 0 saturated carbocycles. The topological polar surface area (TPSA) is 62.3 Å². The van der Waals surface area contributed by atoms with E-state index >= 15 is 0 Å². The lowest BCUT2D eigenvalue weighted by Crippen LogP contribution is -2.44. The minimum absolute atomic E-state index is 0.0356. The van der Waals surface area contributed by atoms with Gasteiger partial charge in [0.25, 0.3) is 0 Å². The van der Waals surface area contributed by atoms with Gasteiger partial charge in [0.2, 0.25) is 11.8 Å². The molecular weight excluding hydrogens is 286 g/mol. The molecule has 0 radical (unpaired) electrons. The van der Waals surface area contributed by atoms with Crippen LogP contribution in [0.4, 0.5) is 0 Å². The van der Waals surface area contributed by atoms with Gasteiger partial charge in [-0.3, -0.25) is 9.59 Å². The summed E-state index contributed by atoms with van der Waals surface area (Å²) >= 11 is 1.57. The molecule has 1 aliphatic rings. The Balaban J connectivity index is 1.69. The van der Waals surface area contributed by atoms with Gasteiger partial charge in [-0.1, -0.05) is 13.8 Å². The van der Waals surface area contributed by atoms with E-state index in [9.17, 15) is 9.59 Å². The molecule has 0 atom stereocenters. The number of hydrogen-bond donors (Lipinski definition) is 1. The Morgan fingerprint density at radius 1 is 1.43 bits per heavy atom. The maximum absolute atomic E-state index is 12.1. The first kappa shape index (κ1) is 15.9. The molecule has 0 aliphatic carbocycles. The number of amides is 2. The molecule has 0 spiro atoms.